The summed E-state index contributed by atoms with van der Waals surface area (Å²) in [6.45, 7) is 0. The molecule has 1 amide bonds. The van der Waals surface area contributed by atoms with E-state index in [1.54, 1.807) is 0 Å². The zero-order chi connectivity index (χ0) is 14.7. The Morgan fingerprint density at radius 1 is 1.25 bits per heavy atom. The molecule has 1 heterocycles. The monoisotopic (exact) mass is 338 g/mol. The minimum atomic E-state index is -1.12. The van der Waals surface area contributed by atoms with Crippen LogP contribution in [0.5, 0.6) is 0 Å². The SMILES string of the molecule is O=C(Nc1ccc(Br)c(C(=O)O)c1)c1cncc(F)c1. The second-order valence-corrected chi connectivity index (χ2v) is 4.70. The number of nitrogens with zero attached hydrogens (tertiary/aromatic N) is 1. The van der Waals surface area contributed by atoms with E-state index in [1.165, 1.54) is 24.4 Å². The molecule has 0 aliphatic heterocycles. The minimum Gasteiger partial charge on any atom is -0.478 e. The first-order valence-electron chi connectivity index (χ1n) is 5.42. The highest BCUT2D eigenvalue weighted by atomic mass is 79.9. The molecule has 20 heavy (non-hydrogen) atoms. The molecule has 5 nitrogen and oxygen atoms in total. The quantitative estimate of drug-likeness (QED) is 0.901. The zero-order valence-corrected chi connectivity index (χ0v) is 11.5. The van der Waals surface area contributed by atoms with Gasteiger partial charge in [0, 0.05) is 16.4 Å². The number of benzene rings is 1. The molecule has 0 atom stereocenters. The molecule has 7 heteroatoms. The Bertz CT molecular complexity index is 691. The van der Waals surface area contributed by atoms with E-state index >= 15 is 0 Å². The molecule has 0 aliphatic rings. The van der Waals surface area contributed by atoms with Crippen molar-refractivity contribution < 1.29 is 19.1 Å². The van der Waals surface area contributed by atoms with E-state index < -0.39 is 17.7 Å². The highest BCUT2D eigenvalue weighted by Gasteiger charge is 2.12. The number of aromatic nitrogens is 1. The average Bonchev–Trinajstić information content (AvgIpc) is 2.40. The van der Waals surface area contributed by atoms with Crippen LogP contribution in [-0.2, 0) is 0 Å². The third-order valence-corrected chi connectivity index (χ3v) is 3.11. The van der Waals surface area contributed by atoms with Gasteiger partial charge in [-0.25, -0.2) is 9.18 Å². The van der Waals surface area contributed by atoms with E-state index in [4.69, 9.17) is 5.11 Å². The van der Waals surface area contributed by atoms with Gasteiger partial charge in [-0.2, -0.15) is 0 Å². The predicted molar refractivity (Wildman–Crippen MR) is 73.2 cm³/mol. The Morgan fingerprint density at radius 3 is 2.65 bits per heavy atom. The zero-order valence-electron chi connectivity index (χ0n) is 9.93. The molecule has 0 saturated heterocycles. The van der Waals surface area contributed by atoms with Crippen molar-refractivity contribution in [1.82, 2.24) is 4.98 Å². The summed E-state index contributed by atoms with van der Waals surface area (Å²) in [5.41, 5.74) is 0.352. The summed E-state index contributed by atoms with van der Waals surface area (Å²) >= 11 is 3.10. The van der Waals surface area contributed by atoms with Crippen molar-refractivity contribution in [3.05, 3.63) is 58.1 Å². The molecular weight excluding hydrogens is 331 g/mol. The van der Waals surface area contributed by atoms with Crippen LogP contribution in [0.3, 0.4) is 0 Å². The lowest BCUT2D eigenvalue weighted by atomic mass is 10.2. The maximum absolute atomic E-state index is 13.0. The number of carbonyl (C=O) groups excluding carboxylic acids is 1. The normalized spacial score (nSPS) is 10.1. The number of aromatic carboxylic acids is 1. The van der Waals surface area contributed by atoms with Crippen molar-refractivity contribution in [3.8, 4) is 0 Å². The smallest absolute Gasteiger partial charge is 0.336 e. The van der Waals surface area contributed by atoms with E-state index in [0.717, 1.165) is 12.3 Å². The first kappa shape index (κ1) is 14.1. The first-order valence-corrected chi connectivity index (χ1v) is 6.21. The second-order valence-electron chi connectivity index (χ2n) is 3.85. The van der Waals surface area contributed by atoms with E-state index in [-0.39, 0.29) is 11.1 Å². The maximum atomic E-state index is 13.0. The van der Waals surface area contributed by atoms with Crippen LogP contribution in [0.1, 0.15) is 20.7 Å². The van der Waals surface area contributed by atoms with Crippen molar-refractivity contribution in [1.29, 1.82) is 0 Å². The Morgan fingerprint density at radius 2 is 2.00 bits per heavy atom. The molecule has 1 aromatic carbocycles. The fraction of sp³-hybridized carbons (Fsp3) is 0. The number of carboxylic acid groups (broad SMARTS) is 1. The van der Waals surface area contributed by atoms with Gasteiger partial charge in [0.2, 0.25) is 0 Å². The van der Waals surface area contributed by atoms with Crippen LogP contribution in [0.4, 0.5) is 10.1 Å². The van der Waals surface area contributed by atoms with Gasteiger partial charge < -0.3 is 10.4 Å². The lowest BCUT2D eigenvalue weighted by molar-refractivity contribution is 0.0695. The Hall–Kier alpha value is -2.28. The summed E-state index contributed by atoms with van der Waals surface area (Å²) in [6.07, 6.45) is 2.20. The van der Waals surface area contributed by atoms with Crippen molar-refractivity contribution in [3.63, 3.8) is 0 Å². The average molecular weight is 339 g/mol. The molecule has 0 spiro atoms. The minimum absolute atomic E-state index is 0.0140. The highest BCUT2D eigenvalue weighted by Crippen LogP contribution is 2.21. The first-order chi connectivity index (χ1) is 9.47. The summed E-state index contributed by atoms with van der Waals surface area (Å²) in [4.78, 5) is 26.4. The van der Waals surface area contributed by atoms with Gasteiger partial charge in [-0.15, -0.1) is 0 Å². The van der Waals surface area contributed by atoms with Gasteiger partial charge in [-0.05, 0) is 40.2 Å². The number of amides is 1. The Kier molecular flexibility index (Phi) is 4.09. The molecule has 0 radical (unpaired) electrons. The van der Waals surface area contributed by atoms with Crippen molar-refractivity contribution in [2.75, 3.05) is 5.32 Å². The van der Waals surface area contributed by atoms with E-state index in [0.29, 0.717) is 10.2 Å². The fourth-order valence-electron chi connectivity index (χ4n) is 1.51. The number of hydrogen-bond donors (Lipinski definition) is 2. The van der Waals surface area contributed by atoms with Crippen LogP contribution in [0.25, 0.3) is 0 Å². The molecule has 1 aromatic heterocycles. The molecule has 0 unspecified atom stereocenters. The summed E-state index contributed by atoms with van der Waals surface area (Å²) < 4.78 is 13.4. The lowest BCUT2D eigenvalue weighted by Crippen LogP contribution is -2.13. The molecule has 2 N–H and O–H groups in total. The summed E-state index contributed by atoms with van der Waals surface area (Å²) in [6, 6.07) is 5.38. The third kappa shape index (κ3) is 3.18. The molecule has 2 rings (SSSR count). The number of anilines is 1. The van der Waals surface area contributed by atoms with Crippen LogP contribution in [0, 0.1) is 5.82 Å². The fourth-order valence-corrected chi connectivity index (χ4v) is 1.92. The van der Waals surface area contributed by atoms with E-state index in [9.17, 15) is 14.0 Å². The largest absolute Gasteiger partial charge is 0.478 e. The molecule has 0 bridgehead atoms. The number of pyridine rings is 1. The van der Waals surface area contributed by atoms with Crippen LogP contribution in [0.2, 0.25) is 0 Å². The van der Waals surface area contributed by atoms with Gasteiger partial charge in [0.25, 0.3) is 5.91 Å². The second kappa shape index (κ2) is 5.79. The standard InChI is InChI=1S/C13H8BrFN2O3/c14-11-2-1-9(4-10(11)13(19)20)17-12(18)7-3-8(15)6-16-5-7/h1-6H,(H,17,18)(H,19,20). The molecule has 2 aromatic rings. The van der Waals surface area contributed by atoms with Gasteiger partial charge in [-0.3, -0.25) is 9.78 Å². The maximum Gasteiger partial charge on any atom is 0.336 e. The third-order valence-electron chi connectivity index (χ3n) is 2.42. The molecule has 0 saturated carbocycles. The topological polar surface area (TPSA) is 79.3 Å². The highest BCUT2D eigenvalue weighted by molar-refractivity contribution is 9.10. The summed E-state index contributed by atoms with van der Waals surface area (Å²) in [5, 5.41) is 11.5. The van der Waals surface area contributed by atoms with Gasteiger partial charge in [-0.1, -0.05) is 0 Å². The van der Waals surface area contributed by atoms with Crippen LogP contribution in [-0.4, -0.2) is 22.0 Å². The Balaban J connectivity index is 2.24. The van der Waals surface area contributed by atoms with Crippen LogP contribution < -0.4 is 5.32 Å². The number of carboxylic acids is 1. The summed E-state index contributed by atoms with van der Waals surface area (Å²) in [5.74, 6) is -2.32. The molecule has 0 aliphatic carbocycles. The van der Waals surface area contributed by atoms with Crippen LogP contribution in [0.15, 0.2) is 41.1 Å². The van der Waals surface area contributed by atoms with Crippen molar-refractivity contribution in [2.24, 2.45) is 0 Å². The van der Waals surface area contributed by atoms with Gasteiger partial charge in [0.05, 0.1) is 17.3 Å². The van der Waals surface area contributed by atoms with E-state index in [1.807, 2.05) is 0 Å². The number of hydrogen-bond acceptors (Lipinski definition) is 3. The van der Waals surface area contributed by atoms with E-state index in [2.05, 4.69) is 26.2 Å². The van der Waals surface area contributed by atoms with Crippen LogP contribution >= 0.6 is 15.9 Å². The number of carbonyl (C=O) groups is 2. The molecule has 0 fully saturated rings. The molecule has 102 valence electrons. The Labute approximate surface area is 121 Å². The van der Waals surface area contributed by atoms with Gasteiger partial charge in [0.15, 0.2) is 0 Å². The van der Waals surface area contributed by atoms with Crippen molar-refractivity contribution in [2.45, 2.75) is 0 Å². The number of nitrogens with one attached hydrogen (secondary N) is 1. The summed E-state index contributed by atoms with van der Waals surface area (Å²) in [7, 11) is 0. The number of halogens is 2. The van der Waals surface area contributed by atoms with Gasteiger partial charge >= 0.3 is 5.97 Å². The van der Waals surface area contributed by atoms with Crippen molar-refractivity contribution >= 4 is 33.5 Å². The number of rotatable bonds is 3. The van der Waals surface area contributed by atoms with Gasteiger partial charge in [0.1, 0.15) is 5.82 Å². The molecular formula is C13H8BrFN2O3. The predicted octanol–water partition coefficient (Wildman–Crippen LogP) is 2.93. The lowest BCUT2D eigenvalue weighted by Gasteiger charge is -2.07.